The van der Waals surface area contributed by atoms with E-state index in [-0.39, 0.29) is 12.5 Å². The predicted octanol–water partition coefficient (Wildman–Crippen LogP) is -0.452. The third-order valence-corrected chi connectivity index (χ3v) is 3.50. The van der Waals surface area contributed by atoms with Crippen LogP contribution in [-0.2, 0) is 17.9 Å². The van der Waals surface area contributed by atoms with Gasteiger partial charge in [-0.15, -0.1) is 5.10 Å². The smallest absolute Gasteiger partial charge is 0.241 e. The first-order valence-electron chi connectivity index (χ1n) is 6.69. The lowest BCUT2D eigenvalue weighted by Gasteiger charge is -2.32. The van der Waals surface area contributed by atoms with Gasteiger partial charge in [-0.2, -0.15) is 0 Å². The number of carbonyl (C=O) groups excluding carboxylic acids is 1. The summed E-state index contributed by atoms with van der Waals surface area (Å²) in [7, 11) is 0. The molecule has 0 bridgehead atoms. The van der Waals surface area contributed by atoms with E-state index >= 15 is 0 Å². The highest BCUT2D eigenvalue weighted by Gasteiger charge is 2.29. The summed E-state index contributed by atoms with van der Waals surface area (Å²) < 4.78 is 1.45. The highest BCUT2D eigenvalue weighted by atomic mass is 16.3. The van der Waals surface area contributed by atoms with E-state index in [4.69, 9.17) is 5.73 Å². The summed E-state index contributed by atoms with van der Waals surface area (Å²) in [6, 6.07) is 0. The van der Waals surface area contributed by atoms with Crippen LogP contribution in [0.5, 0.6) is 0 Å². The van der Waals surface area contributed by atoms with Crippen molar-refractivity contribution < 1.29 is 9.90 Å². The lowest BCUT2D eigenvalue weighted by atomic mass is 9.85. The van der Waals surface area contributed by atoms with Gasteiger partial charge in [0.15, 0.2) is 0 Å². The van der Waals surface area contributed by atoms with E-state index in [0.29, 0.717) is 18.8 Å². The number of carbonyl (C=O) groups is 1. The zero-order valence-electron chi connectivity index (χ0n) is 11.0. The van der Waals surface area contributed by atoms with Crippen molar-refractivity contribution in [1.82, 2.24) is 20.3 Å². The van der Waals surface area contributed by atoms with Crippen LogP contribution in [0.4, 0.5) is 0 Å². The van der Waals surface area contributed by atoms with Crippen molar-refractivity contribution in [2.45, 2.75) is 50.8 Å². The van der Waals surface area contributed by atoms with Crippen LogP contribution >= 0.6 is 0 Å². The molecule has 19 heavy (non-hydrogen) atoms. The molecule has 1 saturated carbocycles. The van der Waals surface area contributed by atoms with Crippen molar-refractivity contribution in [3.8, 4) is 0 Å². The highest BCUT2D eigenvalue weighted by Crippen LogP contribution is 2.27. The Morgan fingerprint density at radius 3 is 2.84 bits per heavy atom. The van der Waals surface area contributed by atoms with Crippen LogP contribution < -0.4 is 11.1 Å². The minimum Gasteiger partial charge on any atom is -0.388 e. The average molecular weight is 267 g/mol. The van der Waals surface area contributed by atoms with Gasteiger partial charge in [-0.25, -0.2) is 4.68 Å². The second kappa shape index (κ2) is 6.12. The molecule has 7 heteroatoms. The van der Waals surface area contributed by atoms with E-state index in [2.05, 4.69) is 15.6 Å². The third-order valence-electron chi connectivity index (χ3n) is 3.50. The van der Waals surface area contributed by atoms with Gasteiger partial charge in [0.1, 0.15) is 6.54 Å². The normalized spacial score (nSPS) is 18.2. The molecule has 0 atom stereocenters. The predicted molar refractivity (Wildman–Crippen MR) is 69.0 cm³/mol. The topological polar surface area (TPSA) is 106 Å². The fourth-order valence-electron chi connectivity index (χ4n) is 2.36. The Hall–Kier alpha value is -1.47. The number of aliphatic hydroxyl groups is 1. The third kappa shape index (κ3) is 4.00. The molecule has 2 rings (SSSR count). The molecular formula is C12H21N5O2. The van der Waals surface area contributed by atoms with Crippen LogP contribution in [0.2, 0.25) is 0 Å². The van der Waals surface area contributed by atoms with Crippen LogP contribution in [0.1, 0.15) is 37.8 Å². The first kappa shape index (κ1) is 14.0. The zero-order valence-corrected chi connectivity index (χ0v) is 11.0. The Morgan fingerprint density at radius 1 is 1.47 bits per heavy atom. The molecule has 0 saturated heterocycles. The molecule has 0 spiro atoms. The largest absolute Gasteiger partial charge is 0.388 e. The molecule has 1 amide bonds. The van der Waals surface area contributed by atoms with Gasteiger partial charge in [0.05, 0.1) is 17.5 Å². The molecule has 1 heterocycles. The van der Waals surface area contributed by atoms with Crippen LogP contribution in [0, 0.1) is 0 Å². The first-order chi connectivity index (χ1) is 9.11. The summed E-state index contributed by atoms with van der Waals surface area (Å²) >= 11 is 0. The maximum Gasteiger partial charge on any atom is 0.241 e. The Balaban J connectivity index is 1.77. The molecule has 0 aliphatic heterocycles. The van der Waals surface area contributed by atoms with E-state index in [0.717, 1.165) is 32.1 Å². The van der Waals surface area contributed by atoms with Gasteiger partial charge in [-0.3, -0.25) is 4.79 Å². The minimum absolute atomic E-state index is 0.100. The second-order valence-electron chi connectivity index (χ2n) is 5.17. The molecule has 1 fully saturated rings. The lowest BCUT2D eigenvalue weighted by molar-refractivity contribution is -0.123. The van der Waals surface area contributed by atoms with Crippen molar-refractivity contribution in [1.29, 1.82) is 0 Å². The quantitative estimate of drug-likeness (QED) is 0.670. The fourth-order valence-corrected chi connectivity index (χ4v) is 2.36. The molecule has 0 unspecified atom stereocenters. The van der Waals surface area contributed by atoms with E-state index in [1.807, 2.05) is 0 Å². The van der Waals surface area contributed by atoms with Crippen LogP contribution in [0.3, 0.4) is 0 Å². The number of hydrogen-bond acceptors (Lipinski definition) is 5. The van der Waals surface area contributed by atoms with E-state index in [9.17, 15) is 9.90 Å². The second-order valence-corrected chi connectivity index (χ2v) is 5.17. The van der Waals surface area contributed by atoms with E-state index in [1.54, 1.807) is 6.20 Å². The van der Waals surface area contributed by atoms with Gasteiger partial charge in [0.25, 0.3) is 0 Å². The molecular weight excluding hydrogens is 246 g/mol. The molecule has 0 radical (unpaired) electrons. The van der Waals surface area contributed by atoms with E-state index in [1.165, 1.54) is 4.68 Å². The van der Waals surface area contributed by atoms with Crippen molar-refractivity contribution in [3.63, 3.8) is 0 Å². The maximum absolute atomic E-state index is 11.8. The lowest BCUT2D eigenvalue weighted by Crippen LogP contribution is -2.45. The summed E-state index contributed by atoms with van der Waals surface area (Å²) in [6.07, 6.45) is 6.37. The Labute approximate surface area is 112 Å². The molecule has 1 aromatic heterocycles. The number of nitrogens with one attached hydrogen (secondary N) is 1. The number of nitrogens with zero attached hydrogens (tertiary/aromatic N) is 3. The number of hydrogen-bond donors (Lipinski definition) is 3. The summed E-state index contributed by atoms with van der Waals surface area (Å²) in [4.78, 5) is 11.8. The molecule has 0 aromatic carbocycles. The minimum atomic E-state index is -0.737. The average Bonchev–Trinajstić information content (AvgIpc) is 2.85. The van der Waals surface area contributed by atoms with E-state index < -0.39 is 5.60 Å². The van der Waals surface area contributed by atoms with Crippen molar-refractivity contribution in [3.05, 3.63) is 11.9 Å². The Kier molecular flexibility index (Phi) is 4.49. The summed E-state index contributed by atoms with van der Waals surface area (Å²) in [5.74, 6) is -0.174. The summed E-state index contributed by atoms with van der Waals surface area (Å²) in [5, 5.41) is 20.6. The molecule has 7 nitrogen and oxygen atoms in total. The Morgan fingerprint density at radius 2 is 2.21 bits per heavy atom. The molecule has 1 aromatic rings. The number of aromatic nitrogens is 3. The van der Waals surface area contributed by atoms with Crippen molar-refractivity contribution in [2.75, 3.05) is 6.54 Å². The van der Waals surface area contributed by atoms with Gasteiger partial charge in [0, 0.05) is 13.1 Å². The maximum atomic E-state index is 11.8. The zero-order chi connectivity index (χ0) is 13.7. The summed E-state index contributed by atoms with van der Waals surface area (Å²) in [5.41, 5.74) is 5.33. The van der Waals surface area contributed by atoms with Crippen LogP contribution in [0.15, 0.2) is 6.20 Å². The molecule has 4 N–H and O–H groups in total. The van der Waals surface area contributed by atoms with Gasteiger partial charge >= 0.3 is 0 Å². The van der Waals surface area contributed by atoms with Crippen molar-refractivity contribution >= 4 is 5.91 Å². The van der Waals surface area contributed by atoms with Gasteiger partial charge in [0.2, 0.25) is 5.91 Å². The summed E-state index contributed by atoms with van der Waals surface area (Å²) in [6.45, 7) is 0.717. The SMILES string of the molecule is NCc1cn(CC(=O)NCC2(O)CCCCC2)nn1. The number of amides is 1. The van der Waals surface area contributed by atoms with Crippen LogP contribution in [-0.4, -0.2) is 38.2 Å². The Bertz CT molecular complexity index is 426. The standard InChI is InChI=1S/C12H21N5O2/c13-6-10-7-17(16-15-10)8-11(18)14-9-12(19)4-2-1-3-5-12/h7,19H,1-6,8-9,13H2,(H,14,18). The molecule has 1 aliphatic carbocycles. The van der Waals surface area contributed by atoms with Crippen molar-refractivity contribution in [2.24, 2.45) is 5.73 Å². The van der Waals surface area contributed by atoms with Crippen LogP contribution in [0.25, 0.3) is 0 Å². The first-order valence-corrected chi connectivity index (χ1v) is 6.69. The van der Waals surface area contributed by atoms with Gasteiger partial charge < -0.3 is 16.2 Å². The monoisotopic (exact) mass is 267 g/mol. The molecule has 106 valence electrons. The molecule has 1 aliphatic rings. The fraction of sp³-hybridized carbons (Fsp3) is 0.750. The highest BCUT2D eigenvalue weighted by molar-refractivity contribution is 5.75. The van der Waals surface area contributed by atoms with Gasteiger partial charge in [-0.1, -0.05) is 24.5 Å². The number of rotatable bonds is 5. The van der Waals surface area contributed by atoms with Gasteiger partial charge in [-0.05, 0) is 12.8 Å². The number of nitrogens with two attached hydrogens (primary N) is 1.